The van der Waals surface area contributed by atoms with Crippen LogP contribution >= 0.6 is 0 Å². The molecular weight excluding hydrogens is 348 g/mol. The van der Waals surface area contributed by atoms with E-state index in [1.807, 2.05) is 6.07 Å². The molecule has 1 aromatic carbocycles. The van der Waals surface area contributed by atoms with Gasteiger partial charge in [-0.1, -0.05) is 44.2 Å². The maximum Gasteiger partial charge on any atom is 0.274 e. The quantitative estimate of drug-likeness (QED) is 0.831. The summed E-state index contributed by atoms with van der Waals surface area (Å²) in [6.45, 7) is 8.34. The second kappa shape index (κ2) is 8.48. The molecular formula is C23H32N4O. The summed E-state index contributed by atoms with van der Waals surface area (Å²) in [6.07, 6.45) is 4.66. The minimum Gasteiger partial charge on any atom is -0.333 e. The highest BCUT2D eigenvalue weighted by atomic mass is 16.2. The molecule has 1 amide bonds. The molecule has 5 heteroatoms. The van der Waals surface area contributed by atoms with Crippen LogP contribution in [0.1, 0.15) is 60.8 Å². The lowest BCUT2D eigenvalue weighted by Gasteiger charge is -2.35. The Morgan fingerprint density at radius 3 is 2.75 bits per heavy atom. The number of H-pyrrole nitrogens is 1. The summed E-state index contributed by atoms with van der Waals surface area (Å²) in [7, 11) is 0. The van der Waals surface area contributed by atoms with E-state index < -0.39 is 0 Å². The van der Waals surface area contributed by atoms with Crippen LogP contribution in [0.25, 0.3) is 0 Å². The van der Waals surface area contributed by atoms with Gasteiger partial charge in [0.2, 0.25) is 0 Å². The first-order chi connectivity index (χ1) is 13.6. The van der Waals surface area contributed by atoms with Crippen LogP contribution < -0.4 is 0 Å². The third kappa shape index (κ3) is 4.30. The van der Waals surface area contributed by atoms with Gasteiger partial charge in [-0.2, -0.15) is 5.10 Å². The predicted octanol–water partition coefficient (Wildman–Crippen LogP) is 3.70. The van der Waals surface area contributed by atoms with Gasteiger partial charge < -0.3 is 9.80 Å². The van der Waals surface area contributed by atoms with Gasteiger partial charge in [-0.3, -0.25) is 9.89 Å². The molecule has 2 aromatic rings. The van der Waals surface area contributed by atoms with Crippen molar-refractivity contribution in [1.82, 2.24) is 20.0 Å². The Morgan fingerprint density at radius 1 is 1.18 bits per heavy atom. The number of aryl methyl sites for hydroxylation is 1. The highest BCUT2D eigenvalue weighted by molar-refractivity contribution is 5.92. The fraction of sp³-hybridized carbons (Fsp3) is 0.565. The zero-order valence-corrected chi connectivity index (χ0v) is 17.1. The molecule has 4 heterocycles. The number of aromatic amines is 1. The van der Waals surface area contributed by atoms with Gasteiger partial charge in [0.05, 0.1) is 0 Å². The minimum absolute atomic E-state index is 0.101. The van der Waals surface area contributed by atoms with Crippen molar-refractivity contribution < 1.29 is 4.79 Å². The van der Waals surface area contributed by atoms with E-state index in [0.717, 1.165) is 44.7 Å². The molecule has 2 bridgehead atoms. The van der Waals surface area contributed by atoms with Gasteiger partial charge in [0.25, 0.3) is 5.91 Å². The Balaban J connectivity index is 1.36. The summed E-state index contributed by atoms with van der Waals surface area (Å²) in [5.41, 5.74) is 3.02. The average Bonchev–Trinajstić information content (AvgIpc) is 3.04. The number of aromatic nitrogens is 2. The van der Waals surface area contributed by atoms with E-state index in [1.165, 1.54) is 18.4 Å². The van der Waals surface area contributed by atoms with Gasteiger partial charge in [-0.05, 0) is 55.7 Å². The Bertz CT molecular complexity index is 785. The Hall–Kier alpha value is -2.14. The normalized spacial score (nSPS) is 22.6. The van der Waals surface area contributed by atoms with Crippen LogP contribution in [0.5, 0.6) is 0 Å². The molecule has 1 N–H and O–H groups in total. The van der Waals surface area contributed by atoms with Gasteiger partial charge in [0, 0.05) is 31.4 Å². The third-order valence-electron chi connectivity index (χ3n) is 6.27. The second-order valence-electron chi connectivity index (χ2n) is 8.77. The van der Waals surface area contributed by atoms with Crippen LogP contribution in [-0.4, -0.2) is 58.1 Å². The van der Waals surface area contributed by atoms with Crippen molar-refractivity contribution in [3.8, 4) is 0 Å². The Labute approximate surface area is 168 Å². The minimum atomic E-state index is 0.101. The number of hydrogen-bond acceptors (Lipinski definition) is 3. The molecule has 28 heavy (non-hydrogen) atoms. The molecule has 0 aliphatic carbocycles. The van der Waals surface area contributed by atoms with Gasteiger partial charge >= 0.3 is 0 Å². The molecule has 2 atom stereocenters. The summed E-state index contributed by atoms with van der Waals surface area (Å²) < 4.78 is 0. The molecule has 5 nitrogen and oxygen atoms in total. The Morgan fingerprint density at radius 2 is 2.00 bits per heavy atom. The van der Waals surface area contributed by atoms with Crippen molar-refractivity contribution >= 4 is 5.91 Å². The number of benzene rings is 1. The molecule has 0 spiro atoms. The smallest absolute Gasteiger partial charge is 0.274 e. The van der Waals surface area contributed by atoms with Gasteiger partial charge in [-0.15, -0.1) is 0 Å². The number of hydrogen-bond donors (Lipinski definition) is 1. The number of carbonyl (C=O) groups is 1. The number of nitrogens with zero attached hydrogens (tertiary/aromatic N) is 3. The maximum absolute atomic E-state index is 13.1. The molecule has 1 aromatic heterocycles. The zero-order valence-electron chi connectivity index (χ0n) is 17.1. The van der Waals surface area contributed by atoms with Crippen molar-refractivity contribution in [1.29, 1.82) is 0 Å². The third-order valence-corrected chi connectivity index (χ3v) is 6.27. The molecule has 3 saturated heterocycles. The van der Waals surface area contributed by atoms with E-state index in [0.29, 0.717) is 23.6 Å². The van der Waals surface area contributed by atoms with Crippen LogP contribution in [0.15, 0.2) is 36.4 Å². The molecule has 3 aliphatic heterocycles. The highest BCUT2D eigenvalue weighted by Crippen LogP contribution is 2.29. The lowest BCUT2D eigenvalue weighted by atomic mass is 9.94. The van der Waals surface area contributed by atoms with Crippen molar-refractivity contribution in [3.63, 3.8) is 0 Å². The van der Waals surface area contributed by atoms with Gasteiger partial charge in [0.15, 0.2) is 0 Å². The summed E-state index contributed by atoms with van der Waals surface area (Å²) in [4.78, 5) is 17.8. The predicted molar refractivity (Wildman–Crippen MR) is 111 cm³/mol. The Kier molecular flexibility index (Phi) is 5.81. The van der Waals surface area contributed by atoms with E-state index in [4.69, 9.17) is 0 Å². The fourth-order valence-electron chi connectivity index (χ4n) is 4.65. The summed E-state index contributed by atoms with van der Waals surface area (Å²) in [6, 6.07) is 13.0. The van der Waals surface area contributed by atoms with Crippen LogP contribution in [0.4, 0.5) is 0 Å². The number of carbonyl (C=O) groups excluding carboxylic acids is 1. The monoisotopic (exact) mass is 380 g/mol. The van der Waals surface area contributed by atoms with E-state index in [-0.39, 0.29) is 5.91 Å². The summed E-state index contributed by atoms with van der Waals surface area (Å²) in [5, 5.41) is 7.33. The van der Waals surface area contributed by atoms with Crippen LogP contribution in [0, 0.1) is 5.92 Å². The average molecular weight is 381 g/mol. The topological polar surface area (TPSA) is 52.2 Å². The first kappa shape index (κ1) is 19.2. The number of rotatable bonds is 6. The first-order valence-electron chi connectivity index (χ1n) is 10.7. The number of nitrogens with one attached hydrogen (secondary N) is 1. The standard InChI is InChI=1S/C23H32N4O/c1-17(2)21-13-22(25-24-21)23(28)27-15-19-10-11-20(27)16-26(14-19)12-6-9-18-7-4-3-5-8-18/h3-5,7-8,13,17,19-20H,6,9-12,14-16H2,1-2H3,(H,24,25)/t19-,20+/m0/s1. The highest BCUT2D eigenvalue weighted by Gasteiger charge is 2.37. The molecule has 0 radical (unpaired) electrons. The van der Waals surface area contributed by atoms with Crippen molar-refractivity contribution in [2.45, 2.75) is 51.5 Å². The lowest BCUT2D eigenvalue weighted by Crippen LogP contribution is -2.47. The summed E-state index contributed by atoms with van der Waals surface area (Å²) in [5.74, 6) is 1.04. The molecule has 0 saturated carbocycles. The van der Waals surface area contributed by atoms with Crippen molar-refractivity contribution in [3.05, 3.63) is 53.3 Å². The van der Waals surface area contributed by atoms with Crippen molar-refractivity contribution in [2.75, 3.05) is 26.2 Å². The van der Waals surface area contributed by atoms with Crippen LogP contribution in [0.2, 0.25) is 0 Å². The molecule has 150 valence electrons. The van der Waals surface area contributed by atoms with E-state index in [1.54, 1.807) is 0 Å². The fourth-order valence-corrected chi connectivity index (χ4v) is 4.65. The van der Waals surface area contributed by atoms with Gasteiger partial charge in [-0.25, -0.2) is 0 Å². The number of fused-ring (bicyclic) bond motifs is 4. The second-order valence-corrected chi connectivity index (χ2v) is 8.77. The molecule has 3 aliphatic rings. The SMILES string of the molecule is CC(C)c1cc(C(=O)N2C[C@H]3CC[C@@H]2CN(CCCc2ccccc2)C3)n[nH]1. The van der Waals surface area contributed by atoms with E-state index in [9.17, 15) is 4.79 Å². The zero-order chi connectivity index (χ0) is 19.5. The summed E-state index contributed by atoms with van der Waals surface area (Å²) >= 11 is 0. The number of piperidine rings is 1. The van der Waals surface area contributed by atoms with E-state index >= 15 is 0 Å². The van der Waals surface area contributed by atoms with E-state index in [2.05, 4.69) is 64.2 Å². The van der Waals surface area contributed by atoms with Crippen molar-refractivity contribution in [2.24, 2.45) is 5.92 Å². The largest absolute Gasteiger partial charge is 0.333 e. The molecule has 0 unspecified atom stereocenters. The van der Waals surface area contributed by atoms with Gasteiger partial charge in [0.1, 0.15) is 5.69 Å². The molecule has 3 fully saturated rings. The van der Waals surface area contributed by atoms with Crippen LogP contribution in [0.3, 0.4) is 0 Å². The lowest BCUT2D eigenvalue weighted by molar-refractivity contribution is 0.0579. The van der Waals surface area contributed by atoms with Crippen LogP contribution in [-0.2, 0) is 6.42 Å². The first-order valence-corrected chi connectivity index (χ1v) is 10.7. The number of amides is 1. The molecule has 5 rings (SSSR count). The maximum atomic E-state index is 13.1.